The van der Waals surface area contributed by atoms with Crippen LogP contribution in [0.25, 0.3) is 0 Å². The number of carbonyl (C=O) groups is 1. The normalized spacial score (nSPS) is 25.5. The van der Waals surface area contributed by atoms with Crippen molar-refractivity contribution in [2.24, 2.45) is 5.41 Å². The van der Waals surface area contributed by atoms with Crippen LogP contribution in [0.1, 0.15) is 32.1 Å². The van der Waals surface area contributed by atoms with Crippen LogP contribution in [0.5, 0.6) is 0 Å². The van der Waals surface area contributed by atoms with Crippen molar-refractivity contribution < 1.29 is 15.0 Å². The van der Waals surface area contributed by atoms with Crippen LogP contribution < -0.4 is 4.90 Å². The van der Waals surface area contributed by atoms with Crippen LogP contribution in [0, 0.1) is 5.41 Å². The number of anilines is 1. The Balaban J connectivity index is 1.33. The van der Waals surface area contributed by atoms with Crippen molar-refractivity contribution in [3.63, 3.8) is 0 Å². The molecule has 2 atom stereocenters. The van der Waals surface area contributed by atoms with Gasteiger partial charge in [-0.3, -0.25) is 4.79 Å². The van der Waals surface area contributed by atoms with Crippen LogP contribution >= 0.6 is 23.2 Å². The second-order valence-electron chi connectivity index (χ2n) is 8.98. The Morgan fingerprint density at radius 1 is 1.10 bits per heavy atom. The van der Waals surface area contributed by atoms with E-state index >= 15 is 0 Å². The number of hydrogen-bond donors (Lipinski definition) is 2. The standard InChI is InChI=1S/C22H31Cl2N3O3/c23-18-2-1-16(13-19(18)24)26-9-4-21(30)27(12-11-26)17(15-28)3-8-25-10-7-22(5-6-22)20(29)14-25/h1-2,13,17,20,28-29H,3-12,14-15H2/t17-,20?/m0/s1. The summed E-state index contributed by atoms with van der Waals surface area (Å²) in [5, 5.41) is 21.4. The fourth-order valence-electron chi connectivity index (χ4n) is 4.87. The van der Waals surface area contributed by atoms with Gasteiger partial charge in [-0.1, -0.05) is 23.2 Å². The number of β-amino-alcohol motifs (C(OH)–C–C–N with tert-alkyl or cyclic N) is 1. The van der Waals surface area contributed by atoms with Gasteiger partial charge in [0.2, 0.25) is 5.91 Å². The number of rotatable bonds is 6. The quantitative estimate of drug-likeness (QED) is 0.689. The smallest absolute Gasteiger partial charge is 0.224 e. The maximum Gasteiger partial charge on any atom is 0.224 e. The van der Waals surface area contributed by atoms with E-state index < -0.39 is 0 Å². The Hall–Kier alpha value is -1.05. The molecule has 6 nitrogen and oxygen atoms in total. The largest absolute Gasteiger partial charge is 0.394 e. The topological polar surface area (TPSA) is 67.2 Å². The van der Waals surface area contributed by atoms with Crippen LogP contribution in [-0.4, -0.2) is 83.9 Å². The molecule has 0 aromatic heterocycles. The summed E-state index contributed by atoms with van der Waals surface area (Å²) in [7, 11) is 0. The number of benzene rings is 1. The third-order valence-corrected chi connectivity index (χ3v) is 7.92. The molecule has 1 amide bonds. The van der Waals surface area contributed by atoms with Gasteiger partial charge in [-0.05, 0) is 55.8 Å². The molecule has 3 fully saturated rings. The van der Waals surface area contributed by atoms with Gasteiger partial charge in [0.05, 0.1) is 28.8 Å². The molecule has 0 bridgehead atoms. The molecule has 8 heteroatoms. The molecule has 1 aromatic rings. The zero-order valence-electron chi connectivity index (χ0n) is 17.3. The summed E-state index contributed by atoms with van der Waals surface area (Å²) in [5.74, 6) is 0.0761. The molecule has 4 rings (SSSR count). The summed E-state index contributed by atoms with van der Waals surface area (Å²) in [6, 6.07) is 5.34. The molecule has 1 aromatic carbocycles. The van der Waals surface area contributed by atoms with Crippen molar-refractivity contribution in [3.8, 4) is 0 Å². The van der Waals surface area contributed by atoms with Crippen LogP contribution in [0.4, 0.5) is 5.69 Å². The lowest BCUT2D eigenvalue weighted by atomic mass is 9.90. The first-order valence-electron chi connectivity index (χ1n) is 10.9. The number of nitrogens with zero attached hydrogens (tertiary/aromatic N) is 3. The molecule has 2 N–H and O–H groups in total. The number of halogens is 2. The Labute approximate surface area is 188 Å². The lowest BCUT2D eigenvalue weighted by Crippen LogP contribution is -2.48. The van der Waals surface area contributed by atoms with E-state index in [4.69, 9.17) is 23.2 Å². The predicted molar refractivity (Wildman–Crippen MR) is 119 cm³/mol. The molecular formula is C22H31Cl2N3O3. The Morgan fingerprint density at radius 2 is 1.90 bits per heavy atom. The van der Waals surface area contributed by atoms with E-state index in [1.54, 1.807) is 6.07 Å². The fraction of sp³-hybridized carbons (Fsp3) is 0.682. The second kappa shape index (κ2) is 9.21. The summed E-state index contributed by atoms with van der Waals surface area (Å²) in [6.45, 7) is 4.32. The number of carbonyl (C=O) groups excluding carboxylic acids is 1. The average Bonchev–Trinajstić information content (AvgIpc) is 3.53. The molecule has 0 radical (unpaired) electrons. The minimum Gasteiger partial charge on any atom is -0.394 e. The first kappa shape index (κ1) is 22.2. The number of aliphatic hydroxyl groups is 2. The van der Waals surface area contributed by atoms with E-state index in [1.807, 2.05) is 17.0 Å². The SMILES string of the molecule is O=C1CCN(c2ccc(Cl)c(Cl)c2)CCN1[C@H](CO)CCN1CCC2(CC2)C(O)C1. The Kier molecular flexibility index (Phi) is 6.80. The van der Waals surface area contributed by atoms with Crippen molar-refractivity contribution >= 4 is 34.8 Å². The maximum absolute atomic E-state index is 12.8. The van der Waals surface area contributed by atoms with Gasteiger partial charge in [-0.15, -0.1) is 0 Å². The van der Waals surface area contributed by atoms with Gasteiger partial charge in [0.1, 0.15) is 0 Å². The molecule has 1 unspecified atom stereocenters. The molecule has 1 aliphatic carbocycles. The number of hydrogen-bond acceptors (Lipinski definition) is 5. The molecule has 1 spiro atoms. The minimum atomic E-state index is -0.238. The van der Waals surface area contributed by atoms with Crippen LogP contribution in [0.3, 0.4) is 0 Å². The van der Waals surface area contributed by atoms with Crippen molar-refractivity contribution in [3.05, 3.63) is 28.2 Å². The first-order chi connectivity index (χ1) is 14.4. The monoisotopic (exact) mass is 455 g/mol. The number of aliphatic hydroxyl groups excluding tert-OH is 2. The van der Waals surface area contributed by atoms with Crippen molar-refractivity contribution in [2.75, 3.05) is 50.8 Å². The lowest BCUT2D eigenvalue weighted by Gasteiger charge is -2.38. The molecule has 3 aliphatic rings. The highest BCUT2D eigenvalue weighted by molar-refractivity contribution is 6.42. The fourth-order valence-corrected chi connectivity index (χ4v) is 5.16. The van der Waals surface area contributed by atoms with Crippen LogP contribution in [0.2, 0.25) is 10.0 Å². The maximum atomic E-state index is 12.8. The summed E-state index contributed by atoms with van der Waals surface area (Å²) >= 11 is 12.2. The summed E-state index contributed by atoms with van der Waals surface area (Å²) < 4.78 is 0. The minimum absolute atomic E-state index is 0.0428. The van der Waals surface area contributed by atoms with Gasteiger partial charge in [0.25, 0.3) is 0 Å². The Morgan fingerprint density at radius 3 is 2.57 bits per heavy atom. The zero-order chi connectivity index (χ0) is 21.3. The van der Waals surface area contributed by atoms with Crippen LogP contribution in [-0.2, 0) is 4.79 Å². The van der Waals surface area contributed by atoms with Gasteiger partial charge in [0.15, 0.2) is 0 Å². The first-order valence-corrected chi connectivity index (χ1v) is 11.7. The van der Waals surface area contributed by atoms with Crippen molar-refractivity contribution in [2.45, 2.75) is 44.2 Å². The van der Waals surface area contributed by atoms with E-state index in [-0.39, 0.29) is 30.1 Å². The van der Waals surface area contributed by atoms with Gasteiger partial charge in [-0.2, -0.15) is 0 Å². The van der Waals surface area contributed by atoms with Crippen molar-refractivity contribution in [1.82, 2.24) is 9.80 Å². The van der Waals surface area contributed by atoms with E-state index in [2.05, 4.69) is 9.80 Å². The zero-order valence-corrected chi connectivity index (χ0v) is 18.8. The lowest BCUT2D eigenvalue weighted by molar-refractivity contribution is -0.133. The molecular weight excluding hydrogens is 425 g/mol. The molecule has 1 saturated carbocycles. The average molecular weight is 456 g/mol. The highest BCUT2D eigenvalue weighted by Crippen LogP contribution is 2.53. The molecule has 2 saturated heterocycles. The van der Waals surface area contributed by atoms with E-state index in [1.165, 1.54) is 0 Å². The third-order valence-electron chi connectivity index (χ3n) is 7.18. The van der Waals surface area contributed by atoms with Crippen LogP contribution in [0.15, 0.2) is 18.2 Å². The van der Waals surface area contributed by atoms with Crippen molar-refractivity contribution in [1.29, 1.82) is 0 Å². The number of piperidine rings is 1. The summed E-state index contributed by atoms with van der Waals surface area (Å²) in [6.07, 6.45) is 4.24. The molecule has 2 aliphatic heterocycles. The third kappa shape index (κ3) is 4.73. The highest BCUT2D eigenvalue weighted by atomic mass is 35.5. The van der Waals surface area contributed by atoms with E-state index in [0.717, 1.165) is 38.0 Å². The van der Waals surface area contributed by atoms with Gasteiger partial charge >= 0.3 is 0 Å². The number of likely N-dealkylation sites (tertiary alicyclic amines) is 1. The highest BCUT2D eigenvalue weighted by Gasteiger charge is 2.51. The summed E-state index contributed by atoms with van der Waals surface area (Å²) in [5.41, 5.74) is 1.15. The molecule has 30 heavy (non-hydrogen) atoms. The predicted octanol–water partition coefficient (Wildman–Crippen LogP) is 2.63. The molecule has 166 valence electrons. The number of amides is 1. The Bertz CT molecular complexity index is 774. The second-order valence-corrected chi connectivity index (χ2v) is 9.79. The van der Waals surface area contributed by atoms with Gasteiger partial charge in [0, 0.05) is 44.8 Å². The van der Waals surface area contributed by atoms with E-state index in [0.29, 0.717) is 49.1 Å². The van der Waals surface area contributed by atoms with E-state index in [9.17, 15) is 15.0 Å². The van der Waals surface area contributed by atoms with Gasteiger partial charge in [-0.25, -0.2) is 0 Å². The molecule has 2 heterocycles. The summed E-state index contributed by atoms with van der Waals surface area (Å²) in [4.78, 5) is 19.1. The van der Waals surface area contributed by atoms with Gasteiger partial charge < -0.3 is 24.9 Å².